The number of hydrogen-bond donors (Lipinski definition) is 0. The first-order chi connectivity index (χ1) is 8.13. The van der Waals surface area contributed by atoms with E-state index in [4.69, 9.17) is 0 Å². The molecule has 1 heterocycles. The smallest absolute Gasteiger partial charge is 0.152 e. The maximum Gasteiger partial charge on any atom is 0.152 e. The van der Waals surface area contributed by atoms with Gasteiger partial charge in [-0.1, -0.05) is 18.6 Å². The van der Waals surface area contributed by atoms with Crippen LogP contribution in [0.15, 0.2) is 18.2 Å². The van der Waals surface area contributed by atoms with Crippen LogP contribution < -0.4 is 4.90 Å². The van der Waals surface area contributed by atoms with Gasteiger partial charge in [0.1, 0.15) is 0 Å². The Hall–Kier alpha value is -1.31. The highest BCUT2D eigenvalue weighted by molar-refractivity contribution is 5.85. The van der Waals surface area contributed by atoms with Crippen LogP contribution in [0.1, 0.15) is 42.6 Å². The molecule has 17 heavy (non-hydrogen) atoms. The molecule has 0 saturated carbocycles. The lowest BCUT2D eigenvalue weighted by atomic mass is 9.91. The molecule has 0 radical (unpaired) electrons. The van der Waals surface area contributed by atoms with E-state index in [-0.39, 0.29) is 0 Å². The van der Waals surface area contributed by atoms with Gasteiger partial charge in [0, 0.05) is 23.8 Å². The minimum absolute atomic E-state index is 0.519. The van der Waals surface area contributed by atoms with Gasteiger partial charge < -0.3 is 4.90 Å². The second-order valence-corrected chi connectivity index (χ2v) is 5.23. The van der Waals surface area contributed by atoms with E-state index < -0.39 is 0 Å². The van der Waals surface area contributed by atoms with Gasteiger partial charge in [-0.3, -0.25) is 4.79 Å². The van der Waals surface area contributed by atoms with Crippen LogP contribution in [0.2, 0.25) is 0 Å². The van der Waals surface area contributed by atoms with E-state index in [0.29, 0.717) is 12.0 Å². The maximum atomic E-state index is 11.2. The Balaban J connectivity index is 2.35. The molecule has 2 nitrogen and oxygen atoms in total. The predicted octanol–water partition coefficient (Wildman–Crippen LogP) is 3.43. The number of hydrogen-bond acceptors (Lipinski definition) is 2. The molecule has 0 spiro atoms. The van der Waals surface area contributed by atoms with Crippen molar-refractivity contribution in [2.24, 2.45) is 5.92 Å². The molecular formula is C15H21NO. The van der Waals surface area contributed by atoms with Crippen LogP contribution in [0.5, 0.6) is 0 Å². The summed E-state index contributed by atoms with van der Waals surface area (Å²) in [6.07, 6.45) is 3.49. The van der Waals surface area contributed by atoms with Crippen molar-refractivity contribution < 1.29 is 4.79 Å². The fourth-order valence-electron chi connectivity index (χ4n) is 2.71. The van der Waals surface area contributed by atoms with Crippen molar-refractivity contribution in [3.05, 3.63) is 29.3 Å². The summed E-state index contributed by atoms with van der Waals surface area (Å²) in [5.74, 6) is 0.699. The highest BCUT2D eigenvalue weighted by Crippen LogP contribution is 2.30. The number of carbonyl (C=O) groups excluding carboxylic acids is 1. The van der Waals surface area contributed by atoms with E-state index in [2.05, 4.69) is 30.9 Å². The number of aldehydes is 1. The van der Waals surface area contributed by atoms with Gasteiger partial charge in [-0.05, 0) is 44.7 Å². The van der Waals surface area contributed by atoms with Crippen molar-refractivity contribution >= 4 is 12.0 Å². The highest BCUT2D eigenvalue weighted by Gasteiger charge is 2.26. The van der Waals surface area contributed by atoms with Gasteiger partial charge in [0.25, 0.3) is 0 Å². The van der Waals surface area contributed by atoms with Crippen LogP contribution in [0.4, 0.5) is 5.69 Å². The second kappa shape index (κ2) is 4.91. The lowest BCUT2D eigenvalue weighted by Gasteiger charge is -2.40. The molecule has 1 saturated heterocycles. The van der Waals surface area contributed by atoms with Gasteiger partial charge in [0.15, 0.2) is 6.29 Å². The Kier molecular flexibility index (Phi) is 3.51. The summed E-state index contributed by atoms with van der Waals surface area (Å²) in [7, 11) is 0. The number of aryl methyl sites for hydroxylation is 1. The molecule has 1 aliphatic rings. The molecule has 1 aromatic rings. The summed E-state index contributed by atoms with van der Waals surface area (Å²) < 4.78 is 0. The van der Waals surface area contributed by atoms with Gasteiger partial charge in [-0.2, -0.15) is 0 Å². The van der Waals surface area contributed by atoms with Crippen LogP contribution in [0, 0.1) is 12.8 Å². The first kappa shape index (κ1) is 12.2. The molecule has 0 aromatic heterocycles. The summed E-state index contributed by atoms with van der Waals surface area (Å²) in [5, 5.41) is 0. The third-order valence-corrected chi connectivity index (χ3v) is 3.99. The highest BCUT2D eigenvalue weighted by atomic mass is 16.1. The van der Waals surface area contributed by atoms with Gasteiger partial charge in [0.2, 0.25) is 0 Å². The second-order valence-electron chi connectivity index (χ2n) is 5.23. The molecule has 0 aliphatic carbocycles. The van der Waals surface area contributed by atoms with E-state index in [1.807, 2.05) is 13.0 Å². The zero-order valence-electron chi connectivity index (χ0n) is 10.9. The molecule has 2 atom stereocenters. The zero-order chi connectivity index (χ0) is 12.4. The largest absolute Gasteiger partial charge is 0.368 e. The summed E-state index contributed by atoms with van der Waals surface area (Å²) in [5.41, 5.74) is 3.07. The Morgan fingerprint density at radius 3 is 2.82 bits per heavy atom. The molecule has 1 aromatic carbocycles. The van der Waals surface area contributed by atoms with Gasteiger partial charge in [-0.25, -0.2) is 0 Å². The zero-order valence-corrected chi connectivity index (χ0v) is 10.9. The minimum Gasteiger partial charge on any atom is -0.368 e. The molecule has 2 heteroatoms. The molecule has 1 fully saturated rings. The first-order valence-electron chi connectivity index (χ1n) is 6.46. The van der Waals surface area contributed by atoms with Crippen molar-refractivity contribution in [1.29, 1.82) is 0 Å². The summed E-state index contributed by atoms with van der Waals surface area (Å²) in [6, 6.07) is 6.68. The minimum atomic E-state index is 0.519. The number of carbonyl (C=O) groups is 1. The topological polar surface area (TPSA) is 20.3 Å². The third kappa shape index (κ3) is 2.36. The average Bonchev–Trinajstić information content (AvgIpc) is 2.33. The van der Waals surface area contributed by atoms with Crippen LogP contribution >= 0.6 is 0 Å². The van der Waals surface area contributed by atoms with Crippen molar-refractivity contribution in [1.82, 2.24) is 0 Å². The standard InChI is InChI=1S/C15H21NO/c1-11-6-7-15(14(9-11)10-17)16-8-4-5-12(2)13(16)3/h6-7,9-10,12-13H,4-5,8H2,1-3H3. The van der Waals surface area contributed by atoms with Gasteiger partial charge in [-0.15, -0.1) is 0 Å². The van der Waals surface area contributed by atoms with Crippen molar-refractivity contribution in [2.75, 3.05) is 11.4 Å². The molecule has 2 unspecified atom stereocenters. The summed E-state index contributed by atoms with van der Waals surface area (Å²) >= 11 is 0. The van der Waals surface area contributed by atoms with Crippen molar-refractivity contribution in [2.45, 2.75) is 39.7 Å². The van der Waals surface area contributed by atoms with E-state index >= 15 is 0 Å². The Morgan fingerprint density at radius 1 is 1.35 bits per heavy atom. The van der Waals surface area contributed by atoms with Gasteiger partial charge >= 0.3 is 0 Å². The normalized spacial score (nSPS) is 24.8. The summed E-state index contributed by atoms with van der Waals surface area (Å²) in [4.78, 5) is 13.6. The molecule has 1 aliphatic heterocycles. The fraction of sp³-hybridized carbons (Fsp3) is 0.533. The first-order valence-corrected chi connectivity index (χ1v) is 6.46. The lowest BCUT2D eigenvalue weighted by molar-refractivity contribution is 0.112. The molecule has 0 bridgehead atoms. The third-order valence-electron chi connectivity index (χ3n) is 3.99. The number of rotatable bonds is 2. The van der Waals surface area contributed by atoms with Crippen molar-refractivity contribution in [3.8, 4) is 0 Å². The van der Waals surface area contributed by atoms with E-state index in [9.17, 15) is 4.79 Å². The predicted molar refractivity (Wildman–Crippen MR) is 71.8 cm³/mol. The van der Waals surface area contributed by atoms with E-state index in [1.165, 1.54) is 12.8 Å². The Morgan fingerprint density at radius 2 is 2.12 bits per heavy atom. The quantitative estimate of drug-likeness (QED) is 0.727. The number of piperidine rings is 1. The van der Waals surface area contributed by atoms with Crippen LogP contribution in [0.3, 0.4) is 0 Å². The van der Waals surface area contributed by atoms with Crippen molar-refractivity contribution in [3.63, 3.8) is 0 Å². The van der Waals surface area contributed by atoms with E-state index in [1.54, 1.807) is 0 Å². The van der Waals surface area contributed by atoms with Crippen LogP contribution in [-0.2, 0) is 0 Å². The molecule has 2 rings (SSSR count). The number of anilines is 1. The van der Waals surface area contributed by atoms with Crippen LogP contribution in [0.25, 0.3) is 0 Å². The molecule has 0 N–H and O–H groups in total. The maximum absolute atomic E-state index is 11.2. The van der Waals surface area contributed by atoms with Crippen LogP contribution in [-0.4, -0.2) is 18.9 Å². The average molecular weight is 231 g/mol. The monoisotopic (exact) mass is 231 g/mol. The summed E-state index contributed by atoms with van der Waals surface area (Å²) in [6.45, 7) is 7.65. The molecular weight excluding hydrogens is 210 g/mol. The molecule has 0 amide bonds. The number of nitrogens with zero attached hydrogens (tertiary/aromatic N) is 1. The Bertz CT molecular complexity index is 413. The van der Waals surface area contributed by atoms with Gasteiger partial charge in [0.05, 0.1) is 0 Å². The van der Waals surface area contributed by atoms with E-state index in [0.717, 1.165) is 29.6 Å². The Labute approximate surface area is 104 Å². The number of benzene rings is 1. The SMILES string of the molecule is Cc1ccc(N2CCCC(C)C2C)c(C=O)c1. The lowest BCUT2D eigenvalue weighted by Crippen LogP contribution is -2.42. The molecule has 92 valence electrons. The fourth-order valence-corrected chi connectivity index (χ4v) is 2.71.